The van der Waals surface area contributed by atoms with E-state index >= 15 is 0 Å². The van der Waals surface area contributed by atoms with Crippen molar-refractivity contribution in [1.29, 1.82) is 0 Å². The van der Waals surface area contributed by atoms with E-state index in [-0.39, 0.29) is 72.5 Å². The van der Waals surface area contributed by atoms with Crippen LogP contribution in [0.5, 0.6) is 5.88 Å². The first kappa shape index (κ1) is 29.6. The number of aliphatic hydroxyl groups is 1. The van der Waals surface area contributed by atoms with E-state index < -0.39 is 29.3 Å². The van der Waals surface area contributed by atoms with Gasteiger partial charge in [0.25, 0.3) is 5.91 Å². The van der Waals surface area contributed by atoms with E-state index in [1.807, 2.05) is 6.92 Å². The third-order valence-electron chi connectivity index (χ3n) is 11.4. The number of pyridine rings is 1. The minimum Gasteiger partial charge on any atom is -0.480 e. The largest absolute Gasteiger partial charge is 0.480 e. The maximum atomic E-state index is 14.0. The number of carbonyl (C=O) groups excluding carboxylic acids is 2. The number of rotatable bonds is 9. The molecule has 238 valence electrons. The molecule has 5 aliphatic carbocycles. The number of carbonyl (C=O) groups is 2. The molecule has 44 heavy (non-hydrogen) atoms. The summed E-state index contributed by atoms with van der Waals surface area (Å²) in [6.07, 6.45) is 8.89. The van der Waals surface area contributed by atoms with E-state index in [1.165, 1.54) is 12.7 Å². The van der Waals surface area contributed by atoms with Crippen molar-refractivity contribution >= 4 is 17.5 Å². The predicted octanol–water partition coefficient (Wildman–Crippen LogP) is 4.24. The molecule has 5 saturated carbocycles. The number of nitrogens with one attached hydrogen (secondary N) is 2. The van der Waals surface area contributed by atoms with Gasteiger partial charge in [-0.1, -0.05) is 23.7 Å². The third kappa shape index (κ3) is 5.08. The minimum absolute atomic E-state index is 0.0175. The van der Waals surface area contributed by atoms with Gasteiger partial charge >= 0.3 is 0 Å². The molecule has 7 rings (SSSR count). The zero-order chi connectivity index (χ0) is 31.0. The molecule has 6 aliphatic rings. The molecule has 0 spiro atoms. The van der Waals surface area contributed by atoms with Crippen LogP contribution in [0.1, 0.15) is 81.1 Å². The average Bonchev–Trinajstić information content (AvgIpc) is 3.26. The van der Waals surface area contributed by atoms with Crippen LogP contribution in [0.2, 0.25) is 0 Å². The van der Waals surface area contributed by atoms with Gasteiger partial charge in [0.05, 0.1) is 18.7 Å². The van der Waals surface area contributed by atoms with Gasteiger partial charge in [-0.15, -0.1) is 0 Å². The molecule has 11 heteroatoms. The van der Waals surface area contributed by atoms with Gasteiger partial charge in [0.15, 0.2) is 0 Å². The van der Waals surface area contributed by atoms with Crippen LogP contribution in [-0.2, 0) is 9.63 Å². The Balaban J connectivity index is 1.13. The van der Waals surface area contributed by atoms with Gasteiger partial charge in [-0.05, 0) is 74.7 Å². The standard InChI is InChI=1S/C33H42F2N4O5/c1-16(32(2)14-33(34,35)15-32)37-30(42)26-20-6-7-21(22(20)8-17-4-5-17)28(26)38-29(41)24-11-19(12-36-31(24)43-3)27-23-9-18(13-40)10-25(23)44-39-27/h8,11-12,16-18,20-21,23,25-26,28,40H,4-7,9-10,13-15H2,1-3H3,(H,37,42)(H,38,41)/b22-8-/t16-,18?,20+,21-,23?,25?,26+,28-/m1/s1. The Morgan fingerprint density at radius 3 is 2.61 bits per heavy atom. The lowest BCUT2D eigenvalue weighted by Gasteiger charge is -2.49. The maximum absolute atomic E-state index is 14.0. The van der Waals surface area contributed by atoms with Gasteiger partial charge < -0.3 is 25.3 Å². The first-order valence-corrected chi connectivity index (χ1v) is 16.1. The minimum atomic E-state index is -2.69. The molecular weight excluding hydrogens is 570 g/mol. The molecule has 5 fully saturated rings. The lowest BCUT2D eigenvalue weighted by atomic mass is 9.63. The first-order chi connectivity index (χ1) is 21.0. The van der Waals surface area contributed by atoms with Crippen LogP contribution in [0.25, 0.3) is 0 Å². The van der Waals surface area contributed by atoms with Crippen LogP contribution in [0, 0.1) is 40.9 Å². The molecule has 2 bridgehead atoms. The molecule has 1 aromatic rings. The molecule has 0 aromatic carbocycles. The zero-order valence-electron chi connectivity index (χ0n) is 25.5. The molecule has 3 N–H and O–H groups in total. The second-order valence-electron chi connectivity index (χ2n) is 14.4. The van der Waals surface area contributed by atoms with E-state index in [2.05, 4.69) is 26.8 Å². The number of oxime groups is 1. The third-order valence-corrected chi connectivity index (χ3v) is 11.4. The van der Waals surface area contributed by atoms with Gasteiger partial charge in [-0.2, -0.15) is 0 Å². The fourth-order valence-corrected chi connectivity index (χ4v) is 8.74. The first-order valence-electron chi connectivity index (χ1n) is 16.1. The monoisotopic (exact) mass is 612 g/mol. The van der Waals surface area contributed by atoms with Crippen LogP contribution < -0.4 is 15.4 Å². The molecule has 0 radical (unpaired) electrons. The number of methoxy groups -OCH3 is 1. The van der Waals surface area contributed by atoms with Crippen molar-refractivity contribution in [3.8, 4) is 5.88 Å². The van der Waals surface area contributed by atoms with Crippen molar-refractivity contribution < 1.29 is 33.1 Å². The summed E-state index contributed by atoms with van der Waals surface area (Å²) in [7, 11) is 1.46. The SMILES string of the molecule is COc1ncc(C2=NOC3CC(CO)CC23)cc1C(=O)N[C@H]1[C@@H](C(=O)N[C@H](C)C2(C)CC(F)(F)C2)[C@H]2CC[C@@H]1/C2=C\C1CC1. The van der Waals surface area contributed by atoms with E-state index in [0.717, 1.165) is 38.5 Å². The number of ether oxygens (including phenoxy) is 1. The number of nitrogens with zero attached hydrogens (tertiary/aromatic N) is 2. The number of hydrogen-bond acceptors (Lipinski definition) is 7. The van der Waals surface area contributed by atoms with Crippen LogP contribution in [0.4, 0.5) is 8.78 Å². The summed E-state index contributed by atoms with van der Waals surface area (Å²) < 4.78 is 33.0. The number of alkyl halides is 2. The number of fused-ring (bicyclic) bond motifs is 3. The average molecular weight is 613 g/mol. The van der Waals surface area contributed by atoms with Gasteiger partial charge in [0.2, 0.25) is 17.7 Å². The van der Waals surface area contributed by atoms with Gasteiger partial charge in [0, 0.05) is 55.1 Å². The highest BCUT2D eigenvalue weighted by atomic mass is 19.3. The summed E-state index contributed by atoms with van der Waals surface area (Å²) in [6.45, 7) is 3.71. The number of allylic oxidation sites excluding steroid dienone is 1. The Kier molecular flexibility index (Phi) is 7.25. The van der Waals surface area contributed by atoms with E-state index in [4.69, 9.17) is 9.57 Å². The number of halogens is 2. The summed E-state index contributed by atoms with van der Waals surface area (Å²) in [4.78, 5) is 38.0. The van der Waals surface area contributed by atoms with E-state index in [1.54, 1.807) is 19.2 Å². The summed E-state index contributed by atoms with van der Waals surface area (Å²) in [5, 5.41) is 20.3. The fourth-order valence-electron chi connectivity index (χ4n) is 8.74. The normalized spacial score (nSPS) is 35.8. The molecule has 2 heterocycles. The number of aliphatic hydroxyl groups excluding tert-OH is 1. The molecule has 1 aromatic heterocycles. The van der Waals surface area contributed by atoms with E-state index in [0.29, 0.717) is 17.2 Å². The highest BCUT2D eigenvalue weighted by Gasteiger charge is 2.58. The lowest BCUT2D eigenvalue weighted by molar-refractivity contribution is -0.167. The molecule has 8 atom stereocenters. The predicted molar refractivity (Wildman–Crippen MR) is 157 cm³/mol. The summed E-state index contributed by atoms with van der Waals surface area (Å²) in [5.74, 6) is -2.81. The molecular formula is C33H42F2N4O5. The number of hydrogen-bond donors (Lipinski definition) is 3. The topological polar surface area (TPSA) is 122 Å². The highest BCUT2D eigenvalue weighted by molar-refractivity contribution is 6.06. The van der Waals surface area contributed by atoms with Gasteiger partial charge in [0.1, 0.15) is 11.7 Å². The second kappa shape index (κ2) is 10.8. The molecule has 0 saturated heterocycles. The highest BCUT2D eigenvalue weighted by Crippen LogP contribution is 2.56. The summed E-state index contributed by atoms with van der Waals surface area (Å²) >= 11 is 0. The Hall–Kier alpha value is -3.08. The second-order valence-corrected chi connectivity index (χ2v) is 14.4. The quantitative estimate of drug-likeness (QED) is 0.359. The Labute approximate surface area is 256 Å². The van der Waals surface area contributed by atoms with Crippen LogP contribution in [0.15, 0.2) is 29.1 Å². The molecule has 3 unspecified atom stereocenters. The summed E-state index contributed by atoms with van der Waals surface area (Å²) in [5.41, 5.74) is 2.22. The fraction of sp³-hybridized carbons (Fsp3) is 0.697. The Bertz CT molecular complexity index is 1400. The molecule has 1 aliphatic heterocycles. The Morgan fingerprint density at radius 1 is 1.18 bits per heavy atom. The maximum Gasteiger partial charge on any atom is 0.257 e. The Morgan fingerprint density at radius 2 is 1.93 bits per heavy atom. The van der Waals surface area contributed by atoms with Gasteiger partial charge in [-0.3, -0.25) is 9.59 Å². The molecule has 9 nitrogen and oxygen atoms in total. The number of amides is 2. The van der Waals surface area contributed by atoms with Crippen LogP contribution >= 0.6 is 0 Å². The van der Waals surface area contributed by atoms with Crippen molar-refractivity contribution in [3.63, 3.8) is 0 Å². The van der Waals surface area contributed by atoms with Crippen LogP contribution in [-0.4, -0.2) is 65.4 Å². The van der Waals surface area contributed by atoms with Crippen molar-refractivity contribution in [2.45, 2.75) is 89.3 Å². The summed E-state index contributed by atoms with van der Waals surface area (Å²) in [6, 6.07) is 0.876. The van der Waals surface area contributed by atoms with Crippen molar-refractivity contribution in [1.82, 2.24) is 15.6 Å². The zero-order valence-corrected chi connectivity index (χ0v) is 25.5. The van der Waals surface area contributed by atoms with E-state index in [9.17, 15) is 23.5 Å². The smallest absolute Gasteiger partial charge is 0.257 e. The van der Waals surface area contributed by atoms with Crippen LogP contribution in [0.3, 0.4) is 0 Å². The molecule has 2 amide bonds. The lowest BCUT2D eigenvalue weighted by Crippen LogP contribution is -2.58. The number of aromatic nitrogens is 1. The van der Waals surface area contributed by atoms with Gasteiger partial charge in [-0.25, -0.2) is 13.8 Å². The van der Waals surface area contributed by atoms with Crippen molar-refractivity contribution in [2.24, 2.45) is 46.1 Å². The van der Waals surface area contributed by atoms with Crippen molar-refractivity contribution in [2.75, 3.05) is 13.7 Å². The van der Waals surface area contributed by atoms with Crippen molar-refractivity contribution in [3.05, 3.63) is 35.0 Å².